The maximum absolute atomic E-state index is 12.1. The third-order valence-electron chi connectivity index (χ3n) is 3.54. The third-order valence-corrected chi connectivity index (χ3v) is 5.08. The van der Waals surface area contributed by atoms with Crippen molar-refractivity contribution in [3.05, 3.63) is 33.1 Å². The Bertz CT molecular complexity index is 716. The van der Waals surface area contributed by atoms with Crippen molar-refractivity contribution >= 4 is 56.6 Å². The van der Waals surface area contributed by atoms with Crippen LogP contribution in [0, 0.1) is 0 Å². The van der Waals surface area contributed by atoms with Crippen molar-refractivity contribution < 1.29 is 19.5 Å². The summed E-state index contributed by atoms with van der Waals surface area (Å²) in [7, 11) is 0. The monoisotopic (exact) mass is 412 g/mol. The van der Waals surface area contributed by atoms with Crippen LogP contribution in [0.15, 0.2) is 27.6 Å². The standard InChI is InChI=1S/C16H17BrN2O4S/c1-3-18(4-2)12-6-5-10(7-11(12)17)8-13-15(22)19(9-14(20)21)16(23)24-13/h5-8H,3-4,9H2,1-2H3,(H,20,21)/b13-8+. The van der Waals surface area contributed by atoms with Crippen LogP contribution in [-0.2, 0) is 9.59 Å². The molecule has 1 aromatic rings. The number of rotatable bonds is 6. The van der Waals surface area contributed by atoms with Gasteiger partial charge in [-0.15, -0.1) is 0 Å². The van der Waals surface area contributed by atoms with Crippen LogP contribution in [0.5, 0.6) is 0 Å². The lowest BCUT2D eigenvalue weighted by Crippen LogP contribution is -2.33. The second-order valence-corrected chi connectivity index (χ2v) is 6.89. The molecule has 1 aliphatic heterocycles. The molecule has 0 aromatic heterocycles. The highest BCUT2D eigenvalue weighted by Crippen LogP contribution is 2.34. The average molecular weight is 413 g/mol. The fraction of sp³-hybridized carbons (Fsp3) is 0.312. The predicted molar refractivity (Wildman–Crippen MR) is 98.0 cm³/mol. The Balaban J connectivity index is 2.26. The van der Waals surface area contributed by atoms with E-state index in [1.807, 2.05) is 18.2 Å². The Morgan fingerprint density at radius 3 is 2.54 bits per heavy atom. The van der Waals surface area contributed by atoms with Gasteiger partial charge in [-0.25, -0.2) is 0 Å². The highest BCUT2D eigenvalue weighted by atomic mass is 79.9. The van der Waals surface area contributed by atoms with Crippen molar-refractivity contribution in [2.75, 3.05) is 24.5 Å². The molecule has 0 radical (unpaired) electrons. The molecule has 1 N–H and O–H groups in total. The van der Waals surface area contributed by atoms with Crippen molar-refractivity contribution in [3.63, 3.8) is 0 Å². The smallest absolute Gasteiger partial charge is 0.323 e. The van der Waals surface area contributed by atoms with E-state index < -0.39 is 23.7 Å². The molecule has 1 heterocycles. The Morgan fingerprint density at radius 2 is 2.00 bits per heavy atom. The lowest BCUT2D eigenvalue weighted by Gasteiger charge is -2.22. The molecule has 1 saturated heterocycles. The lowest BCUT2D eigenvalue weighted by molar-refractivity contribution is -0.140. The number of anilines is 1. The summed E-state index contributed by atoms with van der Waals surface area (Å²) in [6, 6.07) is 5.69. The number of benzene rings is 1. The summed E-state index contributed by atoms with van der Waals surface area (Å²) in [5.74, 6) is -1.79. The molecule has 0 aliphatic carbocycles. The molecule has 1 fully saturated rings. The molecule has 0 bridgehead atoms. The highest BCUT2D eigenvalue weighted by molar-refractivity contribution is 9.10. The number of halogens is 1. The number of carboxylic acids is 1. The normalized spacial score (nSPS) is 16.1. The zero-order valence-electron chi connectivity index (χ0n) is 13.3. The van der Waals surface area contributed by atoms with Crippen molar-refractivity contribution in [2.24, 2.45) is 0 Å². The van der Waals surface area contributed by atoms with Crippen LogP contribution >= 0.6 is 27.7 Å². The molecule has 1 aliphatic rings. The van der Waals surface area contributed by atoms with Gasteiger partial charge < -0.3 is 10.0 Å². The van der Waals surface area contributed by atoms with Gasteiger partial charge in [-0.05, 0) is 65.3 Å². The van der Waals surface area contributed by atoms with E-state index in [4.69, 9.17) is 5.11 Å². The molecular weight excluding hydrogens is 396 g/mol. The van der Waals surface area contributed by atoms with Gasteiger partial charge in [0.15, 0.2) is 0 Å². The van der Waals surface area contributed by atoms with Crippen LogP contribution in [0.2, 0.25) is 0 Å². The first kappa shape index (κ1) is 18.5. The Kier molecular flexibility index (Phi) is 6.06. The second-order valence-electron chi connectivity index (χ2n) is 5.04. The number of hydrogen-bond acceptors (Lipinski definition) is 5. The van der Waals surface area contributed by atoms with Crippen molar-refractivity contribution in [2.45, 2.75) is 13.8 Å². The van der Waals surface area contributed by atoms with Gasteiger partial charge in [-0.1, -0.05) is 6.07 Å². The van der Waals surface area contributed by atoms with E-state index in [2.05, 4.69) is 34.7 Å². The van der Waals surface area contributed by atoms with Crippen LogP contribution < -0.4 is 4.90 Å². The molecule has 0 saturated carbocycles. The number of amides is 2. The number of carboxylic acid groups (broad SMARTS) is 1. The third kappa shape index (κ3) is 3.99. The fourth-order valence-corrected chi connectivity index (χ4v) is 3.84. The molecule has 24 heavy (non-hydrogen) atoms. The minimum absolute atomic E-state index is 0.226. The van der Waals surface area contributed by atoms with Crippen molar-refractivity contribution in [1.29, 1.82) is 0 Å². The Morgan fingerprint density at radius 1 is 1.33 bits per heavy atom. The van der Waals surface area contributed by atoms with E-state index in [0.29, 0.717) is 0 Å². The molecule has 8 heteroatoms. The molecule has 2 amide bonds. The summed E-state index contributed by atoms with van der Waals surface area (Å²) in [4.78, 5) is 37.8. The van der Waals surface area contributed by atoms with Gasteiger partial charge in [-0.3, -0.25) is 19.3 Å². The Labute approximate surface area is 152 Å². The first-order chi connectivity index (χ1) is 11.4. The zero-order chi connectivity index (χ0) is 17.9. The van der Waals surface area contributed by atoms with Crippen molar-refractivity contribution in [3.8, 4) is 0 Å². The van der Waals surface area contributed by atoms with Crippen LogP contribution in [-0.4, -0.2) is 46.8 Å². The van der Waals surface area contributed by atoms with Crippen molar-refractivity contribution in [1.82, 2.24) is 4.90 Å². The minimum Gasteiger partial charge on any atom is -0.480 e. The Hall–Kier alpha value is -1.80. The average Bonchev–Trinajstić information content (AvgIpc) is 2.77. The summed E-state index contributed by atoms with van der Waals surface area (Å²) in [6.07, 6.45) is 1.60. The molecule has 0 atom stereocenters. The van der Waals surface area contributed by atoms with Crippen LogP contribution in [0.4, 0.5) is 10.5 Å². The van der Waals surface area contributed by atoms with E-state index in [1.54, 1.807) is 6.08 Å². The number of thioether (sulfide) groups is 1. The first-order valence-corrected chi connectivity index (χ1v) is 9.00. The summed E-state index contributed by atoms with van der Waals surface area (Å²) in [5, 5.41) is 8.20. The van der Waals surface area contributed by atoms with E-state index in [9.17, 15) is 14.4 Å². The van der Waals surface area contributed by atoms with Crippen LogP contribution in [0.1, 0.15) is 19.4 Å². The van der Waals surface area contributed by atoms with Gasteiger partial charge in [0.2, 0.25) is 0 Å². The summed E-state index contributed by atoms with van der Waals surface area (Å²) < 4.78 is 0.893. The largest absolute Gasteiger partial charge is 0.480 e. The molecule has 6 nitrogen and oxygen atoms in total. The van der Waals surface area contributed by atoms with Gasteiger partial charge in [0, 0.05) is 17.6 Å². The maximum atomic E-state index is 12.1. The van der Waals surface area contributed by atoms with Crippen LogP contribution in [0.25, 0.3) is 6.08 Å². The summed E-state index contributed by atoms with van der Waals surface area (Å²) in [5.41, 5.74) is 1.81. The SMILES string of the molecule is CCN(CC)c1ccc(/C=C2/SC(=O)N(CC(=O)O)C2=O)cc1Br. The maximum Gasteiger partial charge on any atom is 0.323 e. The van der Waals surface area contributed by atoms with Crippen LogP contribution in [0.3, 0.4) is 0 Å². The number of imide groups is 1. The number of carbonyl (C=O) groups excluding carboxylic acids is 2. The fourth-order valence-electron chi connectivity index (χ4n) is 2.36. The van der Waals surface area contributed by atoms with Gasteiger partial charge in [0.25, 0.3) is 11.1 Å². The summed E-state index contributed by atoms with van der Waals surface area (Å²) >= 11 is 4.29. The topological polar surface area (TPSA) is 77.9 Å². The molecule has 0 unspecified atom stereocenters. The van der Waals surface area contributed by atoms with Gasteiger partial charge in [0.05, 0.1) is 10.6 Å². The van der Waals surface area contributed by atoms with Gasteiger partial charge >= 0.3 is 5.97 Å². The highest BCUT2D eigenvalue weighted by Gasteiger charge is 2.36. The summed E-state index contributed by atoms with van der Waals surface area (Å²) in [6.45, 7) is 5.28. The van der Waals surface area contributed by atoms with E-state index in [0.717, 1.165) is 45.5 Å². The number of nitrogens with zero attached hydrogens (tertiary/aromatic N) is 2. The lowest BCUT2D eigenvalue weighted by atomic mass is 10.1. The van der Waals surface area contributed by atoms with E-state index in [-0.39, 0.29) is 4.91 Å². The van der Waals surface area contributed by atoms with E-state index in [1.165, 1.54) is 0 Å². The minimum atomic E-state index is -1.22. The molecule has 2 rings (SSSR count). The second kappa shape index (κ2) is 7.85. The van der Waals surface area contributed by atoms with E-state index >= 15 is 0 Å². The number of hydrogen-bond donors (Lipinski definition) is 1. The first-order valence-electron chi connectivity index (χ1n) is 7.39. The quantitative estimate of drug-likeness (QED) is 0.721. The molecule has 128 valence electrons. The number of carbonyl (C=O) groups is 3. The van der Waals surface area contributed by atoms with Gasteiger partial charge in [0.1, 0.15) is 6.54 Å². The van der Waals surface area contributed by atoms with Gasteiger partial charge in [-0.2, -0.15) is 0 Å². The molecule has 0 spiro atoms. The predicted octanol–water partition coefficient (Wildman–Crippen LogP) is 3.42. The number of aliphatic carboxylic acids is 1. The zero-order valence-corrected chi connectivity index (χ0v) is 15.7. The molecular formula is C16H17BrN2O4S. The molecule has 1 aromatic carbocycles.